The first kappa shape index (κ1) is 10.9. The molecule has 0 fully saturated rings. The molecule has 0 aliphatic carbocycles. The summed E-state index contributed by atoms with van der Waals surface area (Å²) in [6.45, 7) is 0. The van der Waals surface area contributed by atoms with E-state index in [1.807, 2.05) is 53.2 Å². The molecule has 0 atom stereocenters. The highest BCUT2D eigenvalue weighted by molar-refractivity contribution is 5.58. The van der Waals surface area contributed by atoms with Gasteiger partial charge in [0.1, 0.15) is 5.69 Å². The summed E-state index contributed by atoms with van der Waals surface area (Å²) in [6.07, 6.45) is 5.37. The Labute approximate surface area is 113 Å². The zero-order chi connectivity index (χ0) is 13.4. The van der Waals surface area contributed by atoms with Crippen LogP contribution in [0, 0.1) is 0 Å². The van der Waals surface area contributed by atoms with Crippen molar-refractivity contribution < 1.29 is 4.52 Å². The summed E-state index contributed by atoms with van der Waals surface area (Å²) in [5, 5.41) is 3.98. The van der Waals surface area contributed by atoms with Gasteiger partial charge in [-0.3, -0.25) is 4.40 Å². The van der Waals surface area contributed by atoms with Gasteiger partial charge >= 0.3 is 0 Å². The molecule has 0 N–H and O–H groups in total. The molecule has 0 saturated carbocycles. The van der Waals surface area contributed by atoms with Gasteiger partial charge in [0, 0.05) is 24.2 Å². The van der Waals surface area contributed by atoms with Crippen molar-refractivity contribution in [1.29, 1.82) is 0 Å². The lowest BCUT2D eigenvalue weighted by molar-refractivity contribution is 0.431. The molecule has 20 heavy (non-hydrogen) atoms. The van der Waals surface area contributed by atoms with Crippen LogP contribution in [0.2, 0.25) is 0 Å². The molecule has 0 amide bonds. The van der Waals surface area contributed by atoms with E-state index in [0.717, 1.165) is 5.56 Å². The largest absolute Gasteiger partial charge is 0.332 e. The number of nitrogens with zero attached hydrogens (tertiary/aromatic N) is 5. The minimum absolute atomic E-state index is 0.384. The van der Waals surface area contributed by atoms with E-state index in [1.54, 1.807) is 6.20 Å². The SMILES string of the molecule is c1ccc(-c2noc(-c3cn4cccnc4n3)n2)cc1. The Balaban J connectivity index is 1.78. The Morgan fingerprint density at radius 2 is 1.90 bits per heavy atom. The smallest absolute Gasteiger partial charge is 0.278 e. The van der Waals surface area contributed by atoms with Crippen LogP contribution in [-0.2, 0) is 0 Å². The molecule has 0 aliphatic rings. The van der Waals surface area contributed by atoms with E-state index in [0.29, 0.717) is 23.2 Å². The van der Waals surface area contributed by atoms with Gasteiger partial charge in [0.2, 0.25) is 11.6 Å². The van der Waals surface area contributed by atoms with E-state index in [2.05, 4.69) is 20.1 Å². The molecule has 0 spiro atoms. The van der Waals surface area contributed by atoms with Crippen LogP contribution < -0.4 is 0 Å². The number of hydrogen-bond donors (Lipinski definition) is 0. The second-order valence-corrected chi connectivity index (χ2v) is 4.24. The second-order valence-electron chi connectivity index (χ2n) is 4.24. The molecule has 0 aliphatic heterocycles. The van der Waals surface area contributed by atoms with E-state index in [9.17, 15) is 0 Å². The van der Waals surface area contributed by atoms with Gasteiger partial charge in [0.15, 0.2) is 0 Å². The average molecular weight is 263 g/mol. The molecule has 0 saturated heterocycles. The van der Waals surface area contributed by atoms with E-state index in [1.165, 1.54) is 0 Å². The Morgan fingerprint density at radius 3 is 2.75 bits per heavy atom. The lowest BCUT2D eigenvalue weighted by Crippen LogP contribution is -1.83. The third-order valence-corrected chi connectivity index (χ3v) is 2.91. The zero-order valence-corrected chi connectivity index (χ0v) is 10.3. The summed E-state index contributed by atoms with van der Waals surface area (Å²) in [7, 11) is 0. The summed E-state index contributed by atoms with van der Waals surface area (Å²) < 4.78 is 7.08. The van der Waals surface area contributed by atoms with Crippen molar-refractivity contribution >= 4 is 5.78 Å². The molecule has 4 rings (SSSR count). The van der Waals surface area contributed by atoms with Crippen LogP contribution in [0.1, 0.15) is 0 Å². The van der Waals surface area contributed by atoms with Crippen LogP contribution in [-0.4, -0.2) is 24.5 Å². The van der Waals surface area contributed by atoms with Crippen molar-refractivity contribution in [2.24, 2.45) is 0 Å². The summed E-state index contributed by atoms with van der Waals surface area (Å²) in [6, 6.07) is 11.5. The molecule has 3 aromatic heterocycles. The van der Waals surface area contributed by atoms with Crippen LogP contribution in [0.5, 0.6) is 0 Å². The number of fused-ring (bicyclic) bond motifs is 1. The minimum Gasteiger partial charge on any atom is -0.332 e. The number of hydrogen-bond acceptors (Lipinski definition) is 5. The fourth-order valence-corrected chi connectivity index (χ4v) is 1.97. The monoisotopic (exact) mass is 263 g/mol. The van der Waals surface area contributed by atoms with Crippen molar-refractivity contribution in [2.75, 3.05) is 0 Å². The Morgan fingerprint density at radius 1 is 1.00 bits per heavy atom. The molecule has 0 radical (unpaired) electrons. The van der Waals surface area contributed by atoms with E-state index in [-0.39, 0.29) is 0 Å². The lowest BCUT2D eigenvalue weighted by atomic mass is 10.2. The van der Waals surface area contributed by atoms with Gasteiger partial charge in [-0.2, -0.15) is 4.98 Å². The Kier molecular flexibility index (Phi) is 2.32. The number of imidazole rings is 1. The maximum Gasteiger partial charge on any atom is 0.278 e. The summed E-state index contributed by atoms with van der Waals surface area (Å²) in [4.78, 5) is 12.9. The third kappa shape index (κ3) is 1.74. The third-order valence-electron chi connectivity index (χ3n) is 2.91. The minimum atomic E-state index is 0.384. The predicted octanol–water partition coefficient (Wildman–Crippen LogP) is 2.45. The van der Waals surface area contributed by atoms with Gasteiger partial charge in [-0.1, -0.05) is 35.5 Å². The van der Waals surface area contributed by atoms with Gasteiger partial charge in [0.05, 0.1) is 0 Å². The van der Waals surface area contributed by atoms with Crippen LogP contribution in [0.3, 0.4) is 0 Å². The molecule has 0 unspecified atom stereocenters. The summed E-state index contributed by atoms with van der Waals surface area (Å²) >= 11 is 0. The first-order valence-corrected chi connectivity index (χ1v) is 6.09. The average Bonchev–Trinajstić information content (AvgIpc) is 3.14. The molecule has 0 bridgehead atoms. The standard InChI is InChI=1S/C14H9N5O/c1-2-5-10(6-3-1)12-17-13(20-18-12)11-9-19-8-4-7-15-14(19)16-11/h1-9H. The zero-order valence-electron chi connectivity index (χ0n) is 10.3. The van der Waals surface area contributed by atoms with Crippen molar-refractivity contribution in [3.05, 3.63) is 55.0 Å². The molecular formula is C14H9N5O. The predicted molar refractivity (Wildman–Crippen MR) is 71.7 cm³/mol. The molecular weight excluding hydrogens is 254 g/mol. The van der Waals surface area contributed by atoms with Crippen LogP contribution in [0.4, 0.5) is 0 Å². The molecule has 3 heterocycles. The van der Waals surface area contributed by atoms with Crippen molar-refractivity contribution in [3.8, 4) is 23.0 Å². The molecule has 1 aromatic carbocycles. The van der Waals surface area contributed by atoms with Crippen LogP contribution in [0.25, 0.3) is 28.8 Å². The first-order chi connectivity index (χ1) is 9.90. The van der Waals surface area contributed by atoms with E-state index >= 15 is 0 Å². The molecule has 6 nitrogen and oxygen atoms in total. The number of benzene rings is 1. The topological polar surface area (TPSA) is 69.1 Å². The van der Waals surface area contributed by atoms with Crippen molar-refractivity contribution in [1.82, 2.24) is 24.5 Å². The van der Waals surface area contributed by atoms with E-state index < -0.39 is 0 Å². The Hall–Kier alpha value is -3.02. The summed E-state index contributed by atoms with van der Waals surface area (Å²) in [5.41, 5.74) is 1.52. The molecule has 96 valence electrons. The van der Waals surface area contributed by atoms with Crippen molar-refractivity contribution in [3.63, 3.8) is 0 Å². The second kappa shape index (κ2) is 4.27. The van der Waals surface area contributed by atoms with Gasteiger partial charge in [-0.15, -0.1) is 0 Å². The lowest BCUT2D eigenvalue weighted by Gasteiger charge is -1.90. The Bertz CT molecular complexity index is 832. The highest BCUT2D eigenvalue weighted by Crippen LogP contribution is 2.21. The van der Waals surface area contributed by atoms with Gasteiger partial charge in [-0.25, -0.2) is 9.97 Å². The summed E-state index contributed by atoms with van der Waals surface area (Å²) in [5.74, 6) is 1.53. The fourth-order valence-electron chi connectivity index (χ4n) is 1.97. The highest BCUT2D eigenvalue weighted by Gasteiger charge is 2.13. The van der Waals surface area contributed by atoms with E-state index in [4.69, 9.17) is 4.52 Å². The maximum atomic E-state index is 5.27. The van der Waals surface area contributed by atoms with Gasteiger partial charge < -0.3 is 4.52 Å². The fraction of sp³-hybridized carbons (Fsp3) is 0. The van der Waals surface area contributed by atoms with Gasteiger partial charge in [0.25, 0.3) is 5.89 Å². The van der Waals surface area contributed by atoms with Crippen LogP contribution in [0.15, 0.2) is 59.5 Å². The normalized spacial score (nSPS) is 11.0. The maximum absolute atomic E-state index is 5.27. The quantitative estimate of drug-likeness (QED) is 0.555. The number of rotatable bonds is 2. The molecule has 6 heteroatoms. The van der Waals surface area contributed by atoms with Crippen LogP contribution >= 0.6 is 0 Å². The highest BCUT2D eigenvalue weighted by atomic mass is 16.5. The molecule has 4 aromatic rings. The number of aromatic nitrogens is 5. The van der Waals surface area contributed by atoms with Crippen molar-refractivity contribution in [2.45, 2.75) is 0 Å². The first-order valence-electron chi connectivity index (χ1n) is 6.09. The van der Waals surface area contributed by atoms with Gasteiger partial charge in [-0.05, 0) is 6.07 Å².